The zero-order valence-corrected chi connectivity index (χ0v) is 10.9. The van der Waals surface area contributed by atoms with Crippen molar-refractivity contribution in [3.8, 4) is 0 Å². The number of thiazole rings is 1. The van der Waals surface area contributed by atoms with E-state index in [0.29, 0.717) is 6.04 Å². The van der Waals surface area contributed by atoms with Crippen molar-refractivity contribution < 1.29 is 0 Å². The average molecular weight is 308 g/mol. The monoisotopic (exact) mass is 308 g/mol. The van der Waals surface area contributed by atoms with E-state index in [0.717, 1.165) is 13.0 Å². The Kier molecular flexibility index (Phi) is 2.90. The molecule has 0 radical (unpaired) electrons. The molecular weight excluding hydrogens is 295 g/mol. The lowest BCUT2D eigenvalue weighted by Crippen LogP contribution is -2.35. The molecule has 0 saturated heterocycles. The summed E-state index contributed by atoms with van der Waals surface area (Å²) < 4.78 is 1.19. The van der Waals surface area contributed by atoms with E-state index in [1.54, 1.807) is 0 Å². The Morgan fingerprint density at radius 1 is 1.54 bits per heavy atom. The summed E-state index contributed by atoms with van der Waals surface area (Å²) in [5, 5.41) is 0. The van der Waals surface area contributed by atoms with E-state index in [-0.39, 0.29) is 0 Å². The SMILES string of the molecule is CC(C)N1CCc2nc(I)sc2C1. The van der Waals surface area contributed by atoms with Crippen LogP contribution in [0.4, 0.5) is 0 Å². The van der Waals surface area contributed by atoms with Gasteiger partial charge < -0.3 is 0 Å². The number of fused-ring (bicyclic) bond motifs is 1. The van der Waals surface area contributed by atoms with Gasteiger partial charge in [-0.1, -0.05) is 0 Å². The van der Waals surface area contributed by atoms with Gasteiger partial charge in [-0.3, -0.25) is 4.90 Å². The van der Waals surface area contributed by atoms with Crippen molar-refractivity contribution in [1.82, 2.24) is 9.88 Å². The van der Waals surface area contributed by atoms with Crippen molar-refractivity contribution in [3.63, 3.8) is 0 Å². The molecule has 1 aliphatic heterocycles. The molecule has 0 N–H and O–H groups in total. The Morgan fingerprint density at radius 2 is 2.31 bits per heavy atom. The van der Waals surface area contributed by atoms with E-state index in [4.69, 9.17) is 0 Å². The largest absolute Gasteiger partial charge is 0.295 e. The first kappa shape index (κ1) is 9.86. The number of hydrogen-bond donors (Lipinski definition) is 0. The van der Waals surface area contributed by atoms with Crippen LogP contribution in [0, 0.1) is 3.01 Å². The maximum atomic E-state index is 4.52. The van der Waals surface area contributed by atoms with Gasteiger partial charge in [-0.2, -0.15) is 0 Å². The molecule has 0 spiro atoms. The standard InChI is InChI=1S/C9H13IN2S/c1-6(2)12-4-3-7-8(5-12)13-9(10)11-7/h6H,3-5H2,1-2H3. The van der Waals surface area contributed by atoms with Gasteiger partial charge in [-0.05, 0) is 36.4 Å². The van der Waals surface area contributed by atoms with E-state index in [1.807, 2.05) is 11.3 Å². The van der Waals surface area contributed by atoms with Crippen LogP contribution in [0.5, 0.6) is 0 Å². The van der Waals surface area contributed by atoms with Crippen molar-refractivity contribution >= 4 is 33.9 Å². The van der Waals surface area contributed by atoms with Crippen LogP contribution in [0.2, 0.25) is 0 Å². The minimum absolute atomic E-state index is 0.660. The summed E-state index contributed by atoms with van der Waals surface area (Å²) in [4.78, 5) is 8.51. The van der Waals surface area contributed by atoms with Gasteiger partial charge >= 0.3 is 0 Å². The van der Waals surface area contributed by atoms with Gasteiger partial charge in [-0.25, -0.2) is 4.98 Å². The lowest BCUT2D eigenvalue weighted by atomic mass is 10.1. The molecule has 1 aromatic rings. The number of hydrogen-bond acceptors (Lipinski definition) is 3. The summed E-state index contributed by atoms with van der Waals surface area (Å²) >= 11 is 4.16. The molecule has 1 aromatic heterocycles. The quantitative estimate of drug-likeness (QED) is 0.741. The predicted octanol–water partition coefficient (Wildman–Crippen LogP) is 2.51. The summed E-state index contributed by atoms with van der Waals surface area (Å²) in [7, 11) is 0. The van der Waals surface area contributed by atoms with Gasteiger partial charge in [-0.15, -0.1) is 11.3 Å². The van der Waals surface area contributed by atoms with E-state index in [1.165, 1.54) is 20.1 Å². The molecule has 0 bridgehead atoms. The molecule has 72 valence electrons. The molecule has 2 heterocycles. The van der Waals surface area contributed by atoms with Crippen LogP contribution < -0.4 is 0 Å². The Labute approximate surface area is 96.5 Å². The van der Waals surface area contributed by atoms with Crippen molar-refractivity contribution in [3.05, 3.63) is 13.6 Å². The van der Waals surface area contributed by atoms with Crippen LogP contribution in [0.15, 0.2) is 0 Å². The smallest absolute Gasteiger partial charge is 0.154 e. The molecule has 1 aliphatic rings. The van der Waals surface area contributed by atoms with E-state index < -0.39 is 0 Å². The Morgan fingerprint density at radius 3 is 3.00 bits per heavy atom. The van der Waals surface area contributed by atoms with Crippen LogP contribution in [0.25, 0.3) is 0 Å². The number of rotatable bonds is 1. The highest BCUT2D eigenvalue weighted by molar-refractivity contribution is 14.1. The van der Waals surface area contributed by atoms with E-state index >= 15 is 0 Å². The fourth-order valence-corrected chi connectivity index (χ4v) is 3.57. The molecule has 0 amide bonds. The molecule has 2 rings (SSSR count). The van der Waals surface area contributed by atoms with Gasteiger partial charge in [0.2, 0.25) is 0 Å². The second-order valence-electron chi connectivity index (χ2n) is 3.65. The summed E-state index contributed by atoms with van der Waals surface area (Å²) in [6, 6.07) is 0.660. The van der Waals surface area contributed by atoms with Crippen molar-refractivity contribution in [1.29, 1.82) is 0 Å². The highest BCUT2D eigenvalue weighted by Crippen LogP contribution is 2.26. The first-order valence-corrected chi connectivity index (χ1v) is 6.44. The van der Waals surface area contributed by atoms with Crippen LogP contribution >= 0.6 is 33.9 Å². The van der Waals surface area contributed by atoms with Gasteiger partial charge in [0.1, 0.15) is 0 Å². The number of halogens is 1. The lowest BCUT2D eigenvalue weighted by molar-refractivity contribution is 0.205. The molecule has 0 aliphatic carbocycles. The first-order chi connectivity index (χ1) is 6.16. The highest BCUT2D eigenvalue weighted by atomic mass is 127. The molecule has 0 saturated carbocycles. The summed E-state index contributed by atoms with van der Waals surface area (Å²) in [5.41, 5.74) is 1.34. The molecule has 0 fully saturated rings. The number of nitrogens with zero attached hydrogens (tertiary/aromatic N) is 2. The zero-order valence-electron chi connectivity index (χ0n) is 7.88. The topological polar surface area (TPSA) is 16.1 Å². The fraction of sp³-hybridized carbons (Fsp3) is 0.667. The molecule has 4 heteroatoms. The normalized spacial score (nSPS) is 17.8. The van der Waals surface area contributed by atoms with Crippen molar-refractivity contribution in [2.45, 2.75) is 32.9 Å². The summed E-state index contributed by atoms with van der Waals surface area (Å²) in [6.07, 6.45) is 1.13. The second-order valence-corrected chi connectivity index (χ2v) is 6.49. The Hall–Kier alpha value is 0.320. The van der Waals surface area contributed by atoms with Crippen molar-refractivity contribution in [2.24, 2.45) is 0 Å². The molecular formula is C9H13IN2S. The maximum Gasteiger partial charge on any atom is 0.154 e. The Balaban J connectivity index is 2.19. The average Bonchev–Trinajstić information content (AvgIpc) is 2.42. The van der Waals surface area contributed by atoms with E-state index in [9.17, 15) is 0 Å². The fourth-order valence-electron chi connectivity index (χ4n) is 1.62. The Bertz CT molecular complexity index is 309. The van der Waals surface area contributed by atoms with Gasteiger partial charge in [0.05, 0.1) is 5.69 Å². The van der Waals surface area contributed by atoms with Crippen LogP contribution in [-0.4, -0.2) is 22.5 Å². The third-order valence-electron chi connectivity index (χ3n) is 2.46. The molecule has 0 unspecified atom stereocenters. The summed E-state index contributed by atoms with van der Waals surface area (Å²) in [5.74, 6) is 0. The van der Waals surface area contributed by atoms with Crippen LogP contribution in [-0.2, 0) is 13.0 Å². The van der Waals surface area contributed by atoms with Crippen LogP contribution in [0.3, 0.4) is 0 Å². The minimum Gasteiger partial charge on any atom is -0.295 e. The third-order valence-corrected chi connectivity index (χ3v) is 4.24. The zero-order chi connectivity index (χ0) is 9.42. The minimum atomic E-state index is 0.660. The van der Waals surface area contributed by atoms with Gasteiger partial charge in [0.25, 0.3) is 0 Å². The second kappa shape index (κ2) is 3.82. The van der Waals surface area contributed by atoms with Crippen molar-refractivity contribution in [2.75, 3.05) is 6.54 Å². The third kappa shape index (κ3) is 2.05. The maximum absolute atomic E-state index is 4.52. The summed E-state index contributed by atoms with van der Waals surface area (Å²) in [6.45, 7) is 6.80. The lowest BCUT2D eigenvalue weighted by Gasteiger charge is -2.29. The first-order valence-electron chi connectivity index (χ1n) is 4.55. The molecule has 0 atom stereocenters. The molecule has 0 aromatic carbocycles. The molecule has 2 nitrogen and oxygen atoms in total. The number of aromatic nitrogens is 1. The van der Waals surface area contributed by atoms with Gasteiger partial charge in [0, 0.05) is 30.4 Å². The molecule has 13 heavy (non-hydrogen) atoms. The predicted molar refractivity (Wildman–Crippen MR) is 64.1 cm³/mol. The highest BCUT2D eigenvalue weighted by Gasteiger charge is 2.21. The van der Waals surface area contributed by atoms with Gasteiger partial charge in [0.15, 0.2) is 3.01 Å². The van der Waals surface area contributed by atoms with E-state index in [2.05, 4.69) is 46.3 Å². The van der Waals surface area contributed by atoms with Crippen LogP contribution in [0.1, 0.15) is 24.4 Å².